The van der Waals surface area contributed by atoms with Crippen LogP contribution >= 0.6 is 11.6 Å². The Bertz CT molecular complexity index is 986. The van der Waals surface area contributed by atoms with E-state index in [-0.39, 0.29) is 17.3 Å². The summed E-state index contributed by atoms with van der Waals surface area (Å²) in [5, 5.41) is 24.1. The van der Waals surface area contributed by atoms with Crippen molar-refractivity contribution in [3.63, 3.8) is 0 Å². The summed E-state index contributed by atoms with van der Waals surface area (Å²) in [6.07, 6.45) is 1.68. The van der Waals surface area contributed by atoms with Crippen molar-refractivity contribution in [2.24, 2.45) is 0 Å². The first kappa shape index (κ1) is 17.4. The van der Waals surface area contributed by atoms with Crippen molar-refractivity contribution in [2.45, 2.75) is 6.04 Å². The van der Waals surface area contributed by atoms with E-state index in [9.17, 15) is 15.4 Å². The van der Waals surface area contributed by atoms with Gasteiger partial charge in [0.1, 0.15) is 6.07 Å². The minimum Gasteiger partial charge on any atom is -0.372 e. The van der Waals surface area contributed by atoms with Gasteiger partial charge in [0.25, 0.3) is 5.69 Å². The third-order valence-corrected chi connectivity index (χ3v) is 4.03. The Hall–Kier alpha value is -3.43. The Labute approximate surface area is 154 Å². The summed E-state index contributed by atoms with van der Waals surface area (Å²) in [6.45, 7) is 0. The van der Waals surface area contributed by atoms with Crippen molar-refractivity contribution >= 4 is 23.0 Å². The molecule has 7 heteroatoms. The van der Waals surface area contributed by atoms with Crippen LogP contribution in [0.1, 0.15) is 22.9 Å². The zero-order valence-electron chi connectivity index (χ0n) is 13.5. The van der Waals surface area contributed by atoms with E-state index in [2.05, 4.69) is 10.3 Å². The number of nitrogens with zero attached hydrogens (tertiary/aromatic N) is 3. The second-order valence-electron chi connectivity index (χ2n) is 5.49. The summed E-state index contributed by atoms with van der Waals surface area (Å²) in [6, 6.07) is 18.6. The second kappa shape index (κ2) is 7.64. The number of hydrogen-bond donors (Lipinski definition) is 1. The third-order valence-electron chi connectivity index (χ3n) is 3.80. The maximum absolute atomic E-state index is 10.9. The predicted octanol–water partition coefficient (Wildman–Crippen LogP) is 4.72. The molecule has 6 nitrogen and oxygen atoms in total. The number of nitriles is 1. The Balaban J connectivity index is 2.04. The van der Waals surface area contributed by atoms with Gasteiger partial charge in [0.15, 0.2) is 0 Å². The molecule has 0 bridgehead atoms. The molecule has 0 aliphatic carbocycles. The fourth-order valence-electron chi connectivity index (χ4n) is 2.58. The molecule has 1 heterocycles. The third kappa shape index (κ3) is 3.79. The average molecular weight is 365 g/mol. The van der Waals surface area contributed by atoms with E-state index in [0.717, 1.165) is 11.3 Å². The predicted molar refractivity (Wildman–Crippen MR) is 99.0 cm³/mol. The zero-order chi connectivity index (χ0) is 18.5. The number of nitro benzene ring substituents is 1. The second-order valence-corrected chi connectivity index (χ2v) is 5.92. The molecule has 128 valence electrons. The van der Waals surface area contributed by atoms with Crippen molar-refractivity contribution in [2.75, 3.05) is 5.32 Å². The Morgan fingerprint density at radius 1 is 1.15 bits per heavy atom. The van der Waals surface area contributed by atoms with Crippen LogP contribution < -0.4 is 5.32 Å². The number of pyridine rings is 1. The number of nitro groups is 1. The Morgan fingerprint density at radius 2 is 2.00 bits per heavy atom. The van der Waals surface area contributed by atoms with Gasteiger partial charge in [-0.05, 0) is 35.9 Å². The van der Waals surface area contributed by atoms with E-state index in [1.54, 1.807) is 12.3 Å². The molecule has 0 aliphatic rings. The first-order valence-electron chi connectivity index (χ1n) is 7.70. The quantitative estimate of drug-likeness (QED) is 0.522. The van der Waals surface area contributed by atoms with Gasteiger partial charge in [-0.15, -0.1) is 0 Å². The topological polar surface area (TPSA) is 91.8 Å². The van der Waals surface area contributed by atoms with E-state index >= 15 is 0 Å². The highest BCUT2D eigenvalue weighted by Gasteiger charge is 2.18. The highest BCUT2D eigenvalue weighted by Crippen LogP contribution is 2.30. The molecule has 0 saturated carbocycles. The normalized spacial score (nSPS) is 11.4. The Morgan fingerprint density at radius 3 is 2.65 bits per heavy atom. The van der Waals surface area contributed by atoms with E-state index < -0.39 is 4.92 Å². The molecule has 0 aliphatic heterocycles. The van der Waals surface area contributed by atoms with Crippen LogP contribution in [0.3, 0.4) is 0 Å². The first-order valence-corrected chi connectivity index (χ1v) is 8.08. The molecule has 1 aromatic heterocycles. The van der Waals surface area contributed by atoms with Crippen LogP contribution in [0.5, 0.6) is 0 Å². The molecule has 3 aromatic rings. The smallest absolute Gasteiger partial charge is 0.270 e. The van der Waals surface area contributed by atoms with Gasteiger partial charge in [-0.25, -0.2) is 0 Å². The minimum absolute atomic E-state index is 0.135. The number of halogens is 1. The van der Waals surface area contributed by atoms with E-state index in [1.165, 1.54) is 18.2 Å². The van der Waals surface area contributed by atoms with Crippen LogP contribution in [0.4, 0.5) is 11.4 Å². The lowest BCUT2D eigenvalue weighted by Crippen LogP contribution is -2.14. The number of non-ortho nitro benzene ring substituents is 1. The molecule has 1 atom stereocenters. The molecule has 0 amide bonds. The molecule has 0 radical (unpaired) electrons. The molecule has 0 spiro atoms. The fourth-order valence-corrected chi connectivity index (χ4v) is 2.78. The van der Waals surface area contributed by atoms with Gasteiger partial charge in [0.2, 0.25) is 0 Å². The molecule has 0 fully saturated rings. The highest BCUT2D eigenvalue weighted by molar-refractivity contribution is 6.30. The van der Waals surface area contributed by atoms with Gasteiger partial charge in [0, 0.05) is 23.4 Å². The van der Waals surface area contributed by atoms with Crippen LogP contribution in [0.15, 0.2) is 66.9 Å². The lowest BCUT2D eigenvalue weighted by Gasteiger charge is -2.21. The van der Waals surface area contributed by atoms with Crippen molar-refractivity contribution in [1.82, 2.24) is 4.98 Å². The number of aromatic nitrogens is 1. The zero-order valence-corrected chi connectivity index (χ0v) is 14.2. The summed E-state index contributed by atoms with van der Waals surface area (Å²) in [7, 11) is 0. The maximum Gasteiger partial charge on any atom is 0.270 e. The molecule has 1 unspecified atom stereocenters. The summed E-state index contributed by atoms with van der Waals surface area (Å²) >= 11 is 6.12. The first-order chi connectivity index (χ1) is 12.6. The van der Waals surface area contributed by atoms with E-state index in [4.69, 9.17) is 11.6 Å². The molecular weight excluding hydrogens is 352 g/mol. The van der Waals surface area contributed by atoms with Crippen LogP contribution in [-0.4, -0.2) is 9.91 Å². The number of benzene rings is 2. The summed E-state index contributed by atoms with van der Waals surface area (Å²) in [4.78, 5) is 14.8. The SMILES string of the molecule is N#Cc1cc([N+](=O)[O-])ccc1NC(c1cccc(Cl)c1)c1ccccn1. The van der Waals surface area contributed by atoms with Crippen LogP contribution in [0, 0.1) is 21.4 Å². The van der Waals surface area contributed by atoms with Gasteiger partial charge in [-0.1, -0.05) is 29.8 Å². The van der Waals surface area contributed by atoms with Gasteiger partial charge in [-0.3, -0.25) is 15.1 Å². The average Bonchev–Trinajstić information content (AvgIpc) is 2.66. The summed E-state index contributed by atoms with van der Waals surface area (Å²) < 4.78 is 0. The lowest BCUT2D eigenvalue weighted by molar-refractivity contribution is -0.384. The van der Waals surface area contributed by atoms with E-state index in [0.29, 0.717) is 10.7 Å². The number of anilines is 1. The largest absolute Gasteiger partial charge is 0.372 e. The van der Waals surface area contributed by atoms with Crippen LogP contribution in [-0.2, 0) is 0 Å². The number of nitrogens with one attached hydrogen (secondary N) is 1. The number of rotatable bonds is 5. The monoisotopic (exact) mass is 364 g/mol. The van der Waals surface area contributed by atoms with Gasteiger partial charge in [0.05, 0.1) is 27.9 Å². The van der Waals surface area contributed by atoms with Crippen LogP contribution in [0.2, 0.25) is 5.02 Å². The molecule has 2 aromatic carbocycles. The maximum atomic E-state index is 10.9. The molecule has 1 N–H and O–H groups in total. The molecule has 26 heavy (non-hydrogen) atoms. The molecular formula is C19H13ClN4O2. The van der Waals surface area contributed by atoms with Crippen molar-refractivity contribution in [3.8, 4) is 6.07 Å². The lowest BCUT2D eigenvalue weighted by atomic mass is 10.0. The van der Waals surface area contributed by atoms with Crippen molar-refractivity contribution < 1.29 is 4.92 Å². The highest BCUT2D eigenvalue weighted by atomic mass is 35.5. The van der Waals surface area contributed by atoms with Gasteiger partial charge in [-0.2, -0.15) is 5.26 Å². The van der Waals surface area contributed by atoms with Crippen molar-refractivity contribution in [3.05, 3.63) is 98.8 Å². The molecule has 0 saturated heterocycles. The van der Waals surface area contributed by atoms with Crippen LogP contribution in [0.25, 0.3) is 0 Å². The minimum atomic E-state index is -0.530. The molecule has 3 rings (SSSR count). The van der Waals surface area contributed by atoms with Gasteiger partial charge < -0.3 is 5.32 Å². The fraction of sp³-hybridized carbons (Fsp3) is 0.0526. The van der Waals surface area contributed by atoms with Crippen molar-refractivity contribution in [1.29, 1.82) is 5.26 Å². The Kier molecular flexibility index (Phi) is 5.11. The van der Waals surface area contributed by atoms with Gasteiger partial charge >= 0.3 is 0 Å². The van der Waals surface area contributed by atoms with E-state index in [1.807, 2.05) is 42.5 Å². The summed E-state index contributed by atoms with van der Waals surface area (Å²) in [5.41, 5.74) is 2.12. The standard InChI is InChI=1S/C19H13ClN4O2/c20-15-5-3-4-13(10-15)19(18-6-1-2-9-22-18)23-17-8-7-16(24(25)26)11-14(17)12-21/h1-11,19,23H. The summed E-state index contributed by atoms with van der Waals surface area (Å²) in [5.74, 6) is 0. The number of hydrogen-bond acceptors (Lipinski definition) is 5.